The van der Waals surface area contributed by atoms with Crippen LogP contribution >= 0.6 is 0 Å². The average molecular weight is 360 g/mol. The summed E-state index contributed by atoms with van der Waals surface area (Å²) in [6.45, 7) is 1.47. The van der Waals surface area contributed by atoms with Gasteiger partial charge in [-0.2, -0.15) is 0 Å². The zero-order valence-corrected chi connectivity index (χ0v) is 14.5. The van der Waals surface area contributed by atoms with E-state index in [2.05, 4.69) is 11.4 Å². The molecule has 0 radical (unpaired) electrons. The second-order valence-corrected chi connectivity index (χ2v) is 6.60. The highest BCUT2D eigenvalue weighted by molar-refractivity contribution is 5.96. The van der Waals surface area contributed by atoms with Crippen molar-refractivity contribution in [3.05, 3.63) is 40.5 Å². The molecule has 4 unspecified atom stereocenters. The van der Waals surface area contributed by atoms with E-state index in [1.807, 2.05) is 6.08 Å². The molecule has 1 saturated carbocycles. The van der Waals surface area contributed by atoms with Crippen LogP contribution < -0.4 is 10.1 Å². The van der Waals surface area contributed by atoms with Crippen molar-refractivity contribution in [2.45, 2.75) is 25.9 Å². The third-order valence-corrected chi connectivity index (χ3v) is 4.90. The molecule has 26 heavy (non-hydrogen) atoms. The second kappa shape index (κ2) is 7.15. The number of fused-ring (bicyclic) bond motifs is 2. The zero-order chi connectivity index (χ0) is 18.8. The van der Waals surface area contributed by atoms with Gasteiger partial charge in [0.15, 0.2) is 6.10 Å². The van der Waals surface area contributed by atoms with Crippen molar-refractivity contribution in [3.8, 4) is 5.75 Å². The smallest absolute Gasteiger partial charge is 0.310 e. The van der Waals surface area contributed by atoms with Crippen molar-refractivity contribution in [2.75, 3.05) is 12.4 Å². The van der Waals surface area contributed by atoms with Crippen LogP contribution in [0, 0.1) is 27.9 Å². The molecule has 2 aliphatic rings. The summed E-state index contributed by atoms with van der Waals surface area (Å²) in [4.78, 5) is 35.0. The monoisotopic (exact) mass is 360 g/mol. The van der Waals surface area contributed by atoms with Gasteiger partial charge in [-0.3, -0.25) is 19.7 Å². The Bertz CT molecular complexity index is 775. The van der Waals surface area contributed by atoms with E-state index in [0.717, 1.165) is 12.8 Å². The van der Waals surface area contributed by atoms with E-state index in [-0.39, 0.29) is 34.9 Å². The van der Waals surface area contributed by atoms with Crippen LogP contribution in [0.25, 0.3) is 0 Å². The van der Waals surface area contributed by atoms with Crippen molar-refractivity contribution in [1.29, 1.82) is 0 Å². The normalized spacial score (nSPS) is 24.2. The largest absolute Gasteiger partial charge is 0.495 e. The minimum Gasteiger partial charge on any atom is -0.495 e. The maximum atomic E-state index is 12.3. The third-order valence-electron chi connectivity index (χ3n) is 4.90. The molecule has 138 valence electrons. The van der Waals surface area contributed by atoms with Gasteiger partial charge in [0, 0.05) is 12.1 Å². The van der Waals surface area contributed by atoms with Crippen molar-refractivity contribution >= 4 is 23.3 Å². The van der Waals surface area contributed by atoms with E-state index < -0.39 is 16.9 Å². The van der Waals surface area contributed by atoms with Gasteiger partial charge in [-0.15, -0.1) is 0 Å². The molecule has 8 nitrogen and oxygen atoms in total. The van der Waals surface area contributed by atoms with Crippen LogP contribution in [0.15, 0.2) is 30.4 Å². The molecule has 0 aliphatic heterocycles. The Hall–Kier alpha value is -2.90. The Kier molecular flexibility index (Phi) is 4.92. The Labute approximate surface area is 150 Å². The van der Waals surface area contributed by atoms with Gasteiger partial charge in [0.1, 0.15) is 5.75 Å². The maximum absolute atomic E-state index is 12.3. The molecule has 3 rings (SSSR count). The Morgan fingerprint density at radius 2 is 2.08 bits per heavy atom. The number of nitro groups is 1. The molecule has 0 spiro atoms. The number of allylic oxidation sites excluding steroid dienone is 2. The first kappa shape index (κ1) is 17.9. The minimum absolute atomic E-state index is 0.150. The number of nitrogens with zero attached hydrogens (tertiary/aromatic N) is 1. The van der Waals surface area contributed by atoms with E-state index in [4.69, 9.17) is 9.47 Å². The third kappa shape index (κ3) is 3.54. The molecule has 2 aliphatic carbocycles. The number of esters is 1. The molecule has 2 bridgehead atoms. The number of carbonyl (C=O) groups is 2. The standard InChI is InChI=1S/C18H20N2O6/c1-10(26-18(22)14-8-11-3-4-12(14)7-11)17(21)19-15-9-13(20(23)24)5-6-16(15)25-2/h3-6,9-12,14H,7-8H2,1-2H3,(H,19,21). The molecule has 1 aromatic carbocycles. The van der Waals surface area contributed by atoms with Gasteiger partial charge in [-0.05, 0) is 37.7 Å². The maximum Gasteiger partial charge on any atom is 0.310 e. The van der Waals surface area contributed by atoms with Gasteiger partial charge in [0.25, 0.3) is 11.6 Å². The molecular weight excluding hydrogens is 340 g/mol. The highest BCUT2D eigenvalue weighted by atomic mass is 16.6. The fourth-order valence-corrected chi connectivity index (χ4v) is 3.51. The summed E-state index contributed by atoms with van der Waals surface area (Å²) >= 11 is 0. The van der Waals surface area contributed by atoms with Gasteiger partial charge in [0.05, 0.1) is 23.6 Å². The lowest BCUT2D eigenvalue weighted by molar-refractivity contribution is -0.384. The van der Waals surface area contributed by atoms with Crippen molar-refractivity contribution in [1.82, 2.24) is 0 Å². The SMILES string of the molecule is COc1ccc([N+](=O)[O-])cc1NC(=O)C(C)OC(=O)C1CC2C=CC1C2. The van der Waals surface area contributed by atoms with Crippen LogP contribution in [-0.2, 0) is 14.3 Å². The number of nitrogens with one attached hydrogen (secondary N) is 1. The zero-order valence-electron chi connectivity index (χ0n) is 14.5. The lowest BCUT2D eigenvalue weighted by atomic mass is 9.94. The first-order valence-electron chi connectivity index (χ1n) is 8.41. The van der Waals surface area contributed by atoms with Gasteiger partial charge in [-0.1, -0.05) is 12.2 Å². The Morgan fingerprint density at radius 3 is 2.65 bits per heavy atom. The summed E-state index contributed by atoms with van der Waals surface area (Å²) in [6.07, 6.45) is 4.87. The molecular formula is C18H20N2O6. The van der Waals surface area contributed by atoms with Crippen molar-refractivity contribution in [3.63, 3.8) is 0 Å². The van der Waals surface area contributed by atoms with E-state index in [9.17, 15) is 19.7 Å². The number of anilines is 1. The minimum atomic E-state index is -1.02. The van der Waals surface area contributed by atoms with E-state index in [1.54, 1.807) is 0 Å². The fraction of sp³-hybridized carbons (Fsp3) is 0.444. The molecule has 1 aromatic rings. The number of ether oxygens (including phenoxy) is 2. The number of non-ortho nitro benzene ring substituents is 1. The number of benzene rings is 1. The number of hydrogen-bond acceptors (Lipinski definition) is 6. The van der Waals surface area contributed by atoms with Gasteiger partial charge in [0.2, 0.25) is 0 Å². The van der Waals surface area contributed by atoms with Crippen LogP contribution in [0.4, 0.5) is 11.4 Å². The van der Waals surface area contributed by atoms with Crippen molar-refractivity contribution < 1.29 is 24.0 Å². The first-order valence-corrected chi connectivity index (χ1v) is 8.41. The molecule has 8 heteroatoms. The topological polar surface area (TPSA) is 108 Å². The van der Waals surface area contributed by atoms with Gasteiger partial charge in [-0.25, -0.2) is 0 Å². The fourth-order valence-electron chi connectivity index (χ4n) is 3.51. The number of rotatable bonds is 6. The van der Waals surface area contributed by atoms with Crippen LogP contribution in [0.5, 0.6) is 5.75 Å². The highest BCUT2D eigenvalue weighted by Gasteiger charge is 2.41. The van der Waals surface area contributed by atoms with Crippen LogP contribution in [0.3, 0.4) is 0 Å². The van der Waals surface area contributed by atoms with Crippen molar-refractivity contribution in [2.24, 2.45) is 17.8 Å². The first-order chi connectivity index (χ1) is 12.4. The molecule has 1 N–H and O–H groups in total. The number of methoxy groups -OCH3 is 1. The summed E-state index contributed by atoms with van der Waals surface area (Å²) in [5.41, 5.74) is -0.0306. The van der Waals surface area contributed by atoms with Gasteiger partial charge >= 0.3 is 5.97 Å². The Morgan fingerprint density at radius 1 is 1.31 bits per heavy atom. The van der Waals surface area contributed by atoms with E-state index in [1.165, 1.54) is 32.2 Å². The average Bonchev–Trinajstić information content (AvgIpc) is 3.24. The number of carbonyl (C=O) groups excluding carboxylic acids is 2. The molecule has 4 atom stereocenters. The summed E-state index contributed by atoms with van der Waals surface area (Å²) in [7, 11) is 1.39. The number of nitro benzene ring substituents is 1. The Balaban J connectivity index is 1.64. The molecule has 1 fully saturated rings. The predicted octanol–water partition coefficient (Wildman–Crippen LogP) is 2.69. The van der Waals surface area contributed by atoms with Crippen LogP contribution in [-0.4, -0.2) is 30.0 Å². The number of amides is 1. The molecule has 0 aromatic heterocycles. The van der Waals surface area contributed by atoms with E-state index in [0.29, 0.717) is 5.92 Å². The lowest BCUT2D eigenvalue weighted by Gasteiger charge is -2.20. The molecule has 0 heterocycles. The van der Waals surface area contributed by atoms with Gasteiger partial charge < -0.3 is 14.8 Å². The van der Waals surface area contributed by atoms with E-state index >= 15 is 0 Å². The second-order valence-electron chi connectivity index (χ2n) is 6.60. The summed E-state index contributed by atoms with van der Waals surface area (Å²) in [5, 5.41) is 13.4. The van der Waals surface area contributed by atoms with Crippen LogP contribution in [0.1, 0.15) is 19.8 Å². The quantitative estimate of drug-likeness (QED) is 0.362. The van der Waals surface area contributed by atoms with Crippen LogP contribution in [0.2, 0.25) is 0 Å². The highest BCUT2D eigenvalue weighted by Crippen LogP contribution is 2.44. The molecule has 1 amide bonds. The summed E-state index contributed by atoms with van der Waals surface area (Å²) < 4.78 is 10.4. The summed E-state index contributed by atoms with van der Waals surface area (Å²) in [6, 6.07) is 3.87. The lowest BCUT2D eigenvalue weighted by Crippen LogP contribution is -2.33. The predicted molar refractivity (Wildman–Crippen MR) is 92.7 cm³/mol. The summed E-state index contributed by atoms with van der Waals surface area (Å²) in [5.74, 6) is -0.255. The molecule has 0 saturated heterocycles. The number of hydrogen-bond donors (Lipinski definition) is 1.